The van der Waals surface area contributed by atoms with Gasteiger partial charge in [-0.25, -0.2) is 29.1 Å². The molecule has 8 bridgehead atoms. The van der Waals surface area contributed by atoms with Gasteiger partial charge >= 0.3 is 0 Å². The number of pyridine rings is 2. The van der Waals surface area contributed by atoms with E-state index >= 15 is 0 Å². The third-order valence-corrected chi connectivity index (χ3v) is 11.2. The van der Waals surface area contributed by atoms with Crippen LogP contribution < -0.4 is 9.13 Å². The van der Waals surface area contributed by atoms with Crippen LogP contribution in [0, 0.1) is 0 Å². The maximum atomic E-state index is 11.0. The molecule has 3 aromatic heterocycles. The van der Waals surface area contributed by atoms with E-state index in [0.717, 1.165) is 90.2 Å². The van der Waals surface area contributed by atoms with Crippen molar-refractivity contribution in [2.24, 2.45) is 39.2 Å². The highest BCUT2D eigenvalue weighted by Gasteiger charge is 2.27. The molecule has 0 saturated carbocycles. The monoisotopic (exact) mass is 861 g/mol. The van der Waals surface area contributed by atoms with Crippen LogP contribution in [0.5, 0.6) is 0 Å². The molecule has 5 aliphatic rings. The quantitative estimate of drug-likeness (QED) is 0.0270. The lowest BCUT2D eigenvalue weighted by Gasteiger charge is -2.16. The lowest BCUT2D eigenvalue weighted by Crippen LogP contribution is -2.26. The van der Waals surface area contributed by atoms with E-state index in [1.165, 1.54) is 0 Å². The van der Waals surface area contributed by atoms with Crippen LogP contribution in [0.4, 0.5) is 0 Å². The number of allylic oxidation sites excluding steroid dienone is 11. The number of ether oxygens (including phenoxy) is 2. The summed E-state index contributed by atoms with van der Waals surface area (Å²) in [5.41, 5.74) is 23.0. The van der Waals surface area contributed by atoms with Crippen molar-refractivity contribution in [3.8, 4) is 0 Å². The van der Waals surface area contributed by atoms with E-state index in [4.69, 9.17) is 30.0 Å². The molecule has 0 fully saturated rings. The zero-order chi connectivity index (χ0) is 44.7. The van der Waals surface area contributed by atoms with Gasteiger partial charge in [-0.15, -0.1) is 0 Å². The van der Waals surface area contributed by atoms with Gasteiger partial charge in [0.15, 0.2) is 24.8 Å². The summed E-state index contributed by atoms with van der Waals surface area (Å²) in [5, 5.41) is 14.4. The predicted molar refractivity (Wildman–Crippen MR) is 254 cm³/mol. The van der Waals surface area contributed by atoms with Gasteiger partial charge in [0, 0.05) is 94.4 Å². The average molecular weight is 862 g/mol. The van der Waals surface area contributed by atoms with Crippen LogP contribution in [0.2, 0.25) is 0 Å². The van der Waals surface area contributed by atoms with Gasteiger partial charge in [-0.2, -0.15) is 0 Å². The molecular weight excluding hydrogens is 815 g/mol. The van der Waals surface area contributed by atoms with Crippen LogP contribution in [0.15, 0.2) is 200 Å². The molecule has 322 valence electrons. The number of hydrogen-bond donors (Lipinski definition) is 2. The van der Waals surface area contributed by atoms with E-state index in [1.807, 2.05) is 96.6 Å². The van der Waals surface area contributed by atoms with Gasteiger partial charge in [0.2, 0.25) is 5.90 Å². The number of aliphatic imine (C=N–C) groups is 4. The number of nitrogens with one attached hydrogen (secondary N) is 1. The fourth-order valence-corrected chi connectivity index (χ4v) is 7.91. The molecule has 0 saturated heterocycles. The molecule has 0 amide bonds. The molecule has 0 unspecified atom stereocenters. The Morgan fingerprint density at radius 1 is 0.615 bits per heavy atom. The predicted octanol–water partition coefficient (Wildman–Crippen LogP) is 7.56. The summed E-state index contributed by atoms with van der Waals surface area (Å²) in [6, 6.07) is 20.3. The first-order chi connectivity index (χ1) is 31.8. The van der Waals surface area contributed by atoms with Crippen molar-refractivity contribution in [3.05, 3.63) is 219 Å². The van der Waals surface area contributed by atoms with Gasteiger partial charge in [0.1, 0.15) is 14.1 Å². The lowest BCUT2D eigenvalue weighted by atomic mass is 9.97. The molecule has 0 atom stereocenters. The molecule has 2 N–H and O–H groups in total. The maximum Gasteiger partial charge on any atom is 0.213 e. The molecule has 4 aromatic rings. The fourth-order valence-electron chi connectivity index (χ4n) is 7.91. The third-order valence-electron chi connectivity index (χ3n) is 11.2. The highest BCUT2D eigenvalue weighted by atomic mass is 16.5. The first-order valence-electron chi connectivity index (χ1n) is 21.3. The van der Waals surface area contributed by atoms with Crippen molar-refractivity contribution >= 4 is 39.8 Å². The highest BCUT2D eigenvalue weighted by molar-refractivity contribution is 6.36. The number of benzene rings is 1. The van der Waals surface area contributed by atoms with Crippen molar-refractivity contribution in [2.75, 3.05) is 46.6 Å². The minimum atomic E-state index is -0.0829. The number of azide groups is 1. The molecular formula is C51H47N11O3+2. The highest BCUT2D eigenvalue weighted by Crippen LogP contribution is 2.38. The lowest BCUT2D eigenvalue weighted by molar-refractivity contribution is -0.671. The van der Waals surface area contributed by atoms with Gasteiger partial charge in [0.05, 0.1) is 67.2 Å². The second-order valence-corrected chi connectivity index (χ2v) is 15.7. The summed E-state index contributed by atoms with van der Waals surface area (Å²) in [6.45, 7) is 1.94. The van der Waals surface area contributed by atoms with Crippen LogP contribution in [0.1, 0.15) is 33.6 Å². The number of aromatic amines is 1. The molecule has 9 rings (SSSR count). The normalized spacial score (nSPS) is 16.6. The van der Waals surface area contributed by atoms with Gasteiger partial charge < -0.3 is 24.5 Å². The van der Waals surface area contributed by atoms with Gasteiger partial charge in [-0.05, 0) is 101 Å². The first kappa shape index (κ1) is 42.3. The van der Waals surface area contributed by atoms with Crippen LogP contribution in [0.25, 0.3) is 27.2 Å². The molecule has 14 nitrogen and oxygen atoms in total. The van der Waals surface area contributed by atoms with Crippen LogP contribution in [-0.2, 0) is 23.6 Å². The summed E-state index contributed by atoms with van der Waals surface area (Å²) < 4.78 is 15.0. The van der Waals surface area contributed by atoms with Crippen molar-refractivity contribution in [1.29, 1.82) is 0 Å². The Morgan fingerprint density at radius 3 is 1.63 bits per heavy atom. The average Bonchev–Trinajstić information content (AvgIpc) is 4.17. The topological polar surface area (TPSA) is 164 Å². The number of fused-ring (bicyclic) bond motifs is 5. The molecule has 65 heavy (non-hydrogen) atoms. The van der Waals surface area contributed by atoms with Crippen molar-refractivity contribution < 1.29 is 23.7 Å². The summed E-state index contributed by atoms with van der Waals surface area (Å²) in [7, 11) is 6.02. The number of H-pyrrole nitrogens is 1. The summed E-state index contributed by atoms with van der Waals surface area (Å²) in [4.78, 5) is 29.0. The number of aliphatic hydroxyl groups is 1. The Bertz CT molecular complexity index is 2980. The molecule has 1 aromatic carbocycles. The first-order valence-corrected chi connectivity index (χ1v) is 21.3. The zero-order valence-electron chi connectivity index (χ0n) is 36.3. The Kier molecular flexibility index (Phi) is 12.5. The Hall–Kier alpha value is -8.03. The van der Waals surface area contributed by atoms with E-state index < -0.39 is 0 Å². The van der Waals surface area contributed by atoms with Gasteiger partial charge in [-0.3, -0.25) is 0 Å². The van der Waals surface area contributed by atoms with E-state index in [0.29, 0.717) is 32.0 Å². The van der Waals surface area contributed by atoms with E-state index in [1.54, 1.807) is 0 Å². The molecule has 14 heteroatoms. The largest absolute Gasteiger partial charge is 0.493 e. The van der Waals surface area contributed by atoms with Crippen molar-refractivity contribution in [3.63, 3.8) is 0 Å². The molecule has 0 aliphatic carbocycles. The van der Waals surface area contributed by atoms with Gasteiger partial charge in [0.25, 0.3) is 0 Å². The SMILES string of the molecule is CN1C=CC(=C2C3=NC(=C(c4cc[n+](C)cc4)C4=NC(=C(c5ccc(C(O)=NCCOCCOCCN=[N+]=[N-])cc5)c5ccc([nH]5)C(c5cc[n+](C)cc5)=C5C=CC2=N5)C=C4)C=C3)C=C1. The number of rotatable bonds is 13. The zero-order valence-corrected chi connectivity index (χ0v) is 36.3. The number of aromatic nitrogens is 3. The molecule has 8 heterocycles. The Morgan fingerprint density at radius 2 is 1.09 bits per heavy atom. The Balaban J connectivity index is 1.15. The standard InChI is InChI=1S/C51H46N11O3/c1-60-24-16-35(17-25-60)48-41-10-8-39(55-41)47(34-4-6-38(7-5-34)51(63)53-22-30-64-32-33-65-31-23-54-59-52)40-9-11-42(56-40)49(36-18-26-61(2)27-19-36)44-13-15-46(58-44)50(45-14-12-43(48)57-45)37-20-28-62(3)29-21-37/h4-21,24-29H,22-23,30-33H2,1-3H3,(H-,53,55,56,57,58,63)/q+1/p+1. The smallest absolute Gasteiger partial charge is 0.213 e. The fraction of sp³-hybridized carbons (Fsp3) is 0.176. The maximum absolute atomic E-state index is 11.0. The number of nitrogens with zero attached hydrogens (tertiary/aromatic N) is 10. The molecule has 5 aliphatic heterocycles. The van der Waals surface area contributed by atoms with E-state index in [9.17, 15) is 5.11 Å². The molecule has 0 radical (unpaired) electrons. The number of hydrogen-bond acceptors (Lipinski definition) is 8. The van der Waals surface area contributed by atoms with Crippen LogP contribution in [-0.4, -0.2) is 84.6 Å². The Labute approximate surface area is 376 Å². The summed E-state index contributed by atoms with van der Waals surface area (Å²) in [5.74, 6) is -0.0829. The second-order valence-electron chi connectivity index (χ2n) is 15.7. The van der Waals surface area contributed by atoms with E-state index in [-0.39, 0.29) is 19.0 Å². The minimum absolute atomic E-state index is 0.0829. The number of aliphatic hydroxyl groups excluding tert-OH is 1. The van der Waals surface area contributed by atoms with Gasteiger partial charge in [-0.1, -0.05) is 17.2 Å². The van der Waals surface area contributed by atoms with Crippen molar-refractivity contribution in [1.82, 2.24) is 9.88 Å². The van der Waals surface area contributed by atoms with E-state index in [2.05, 4.69) is 105 Å². The third kappa shape index (κ3) is 9.36. The molecule has 0 spiro atoms. The van der Waals surface area contributed by atoms with Crippen LogP contribution >= 0.6 is 0 Å². The second kappa shape index (κ2) is 19.2. The van der Waals surface area contributed by atoms with Crippen LogP contribution in [0.3, 0.4) is 0 Å². The summed E-state index contributed by atoms with van der Waals surface area (Å²) >= 11 is 0. The van der Waals surface area contributed by atoms with Crippen molar-refractivity contribution in [2.45, 2.75) is 0 Å². The minimum Gasteiger partial charge on any atom is -0.493 e. The number of aryl methyl sites for hydroxylation is 2. The summed E-state index contributed by atoms with van der Waals surface area (Å²) in [6.07, 6.45) is 28.9.